The summed E-state index contributed by atoms with van der Waals surface area (Å²) in [4.78, 5) is 4.67. The summed E-state index contributed by atoms with van der Waals surface area (Å²) >= 11 is 1.79. The minimum Gasteiger partial charge on any atom is -0.317 e. The Balaban J connectivity index is 1.46. The molecule has 1 N–H and O–H groups in total. The van der Waals surface area contributed by atoms with Crippen LogP contribution in [0, 0.1) is 30.1 Å². The lowest BCUT2D eigenvalue weighted by Crippen LogP contribution is -2.48. The quantitative estimate of drug-likeness (QED) is 0.882. The van der Waals surface area contributed by atoms with Crippen LogP contribution in [0.1, 0.15) is 55.6 Å². The second-order valence-corrected chi connectivity index (χ2v) is 9.23. The number of aryl methyl sites for hydroxylation is 1. The van der Waals surface area contributed by atoms with Gasteiger partial charge in [-0.25, -0.2) is 4.98 Å². The molecule has 21 heavy (non-hydrogen) atoms. The van der Waals surface area contributed by atoms with Crippen molar-refractivity contribution >= 4 is 11.3 Å². The molecular weight excluding hydrogens is 276 g/mol. The molecule has 4 fully saturated rings. The Hall–Kier alpha value is -0.410. The number of hydrogen-bond acceptors (Lipinski definition) is 3. The standard InChI is InChI=1S/C18H28N2S/c1-12-20-17(11-21-12)6-16(19-2)10-18-7-13-3-14(8-18)5-15(4-13)9-18/h11,13-16,19H,3-10H2,1-2H3. The van der Waals surface area contributed by atoms with Crippen LogP contribution in [0.5, 0.6) is 0 Å². The molecule has 5 rings (SSSR count). The molecule has 0 saturated heterocycles. The van der Waals surface area contributed by atoms with Gasteiger partial charge in [0, 0.05) is 17.8 Å². The van der Waals surface area contributed by atoms with Crippen LogP contribution in [0.25, 0.3) is 0 Å². The van der Waals surface area contributed by atoms with E-state index in [1.807, 2.05) is 0 Å². The second kappa shape index (κ2) is 5.34. The van der Waals surface area contributed by atoms with E-state index >= 15 is 0 Å². The van der Waals surface area contributed by atoms with E-state index in [0.29, 0.717) is 11.5 Å². The van der Waals surface area contributed by atoms with Crippen molar-refractivity contribution in [2.24, 2.45) is 23.2 Å². The van der Waals surface area contributed by atoms with Gasteiger partial charge in [0.25, 0.3) is 0 Å². The summed E-state index contributed by atoms with van der Waals surface area (Å²) in [7, 11) is 2.14. The molecule has 0 radical (unpaired) electrons. The number of nitrogens with one attached hydrogen (secondary N) is 1. The van der Waals surface area contributed by atoms with Gasteiger partial charge in [0.1, 0.15) is 0 Å². The molecule has 116 valence electrons. The van der Waals surface area contributed by atoms with Crippen molar-refractivity contribution in [2.75, 3.05) is 7.05 Å². The number of rotatable bonds is 5. The molecule has 0 spiro atoms. The minimum absolute atomic E-state index is 0.614. The van der Waals surface area contributed by atoms with Gasteiger partial charge in [-0.1, -0.05) is 0 Å². The third-order valence-corrected chi connectivity index (χ3v) is 7.20. The Labute approximate surface area is 132 Å². The lowest BCUT2D eigenvalue weighted by Gasteiger charge is -2.57. The summed E-state index contributed by atoms with van der Waals surface area (Å²) in [5.74, 6) is 3.20. The van der Waals surface area contributed by atoms with E-state index in [2.05, 4.69) is 29.7 Å². The smallest absolute Gasteiger partial charge is 0.0897 e. The molecule has 0 aromatic carbocycles. The van der Waals surface area contributed by atoms with Gasteiger partial charge in [-0.2, -0.15) is 0 Å². The maximum atomic E-state index is 4.67. The second-order valence-electron chi connectivity index (χ2n) is 8.17. The van der Waals surface area contributed by atoms with E-state index in [-0.39, 0.29) is 0 Å². The maximum Gasteiger partial charge on any atom is 0.0897 e. The molecule has 0 amide bonds. The lowest BCUT2D eigenvalue weighted by molar-refractivity contribution is -0.0617. The number of thiazole rings is 1. The Morgan fingerprint density at radius 3 is 2.33 bits per heavy atom. The van der Waals surface area contributed by atoms with E-state index in [1.54, 1.807) is 30.6 Å². The molecule has 4 bridgehead atoms. The molecule has 4 saturated carbocycles. The number of nitrogens with zero attached hydrogens (tertiary/aromatic N) is 1. The molecule has 1 aromatic heterocycles. The molecule has 0 aliphatic heterocycles. The zero-order valence-corrected chi connectivity index (χ0v) is 14.2. The molecule has 2 nitrogen and oxygen atoms in total. The first-order valence-corrected chi connectivity index (χ1v) is 9.60. The van der Waals surface area contributed by atoms with Crippen LogP contribution in [0.15, 0.2) is 5.38 Å². The van der Waals surface area contributed by atoms with Crippen molar-refractivity contribution < 1.29 is 0 Å². The summed E-state index contributed by atoms with van der Waals surface area (Å²) in [6.07, 6.45) is 11.7. The highest BCUT2D eigenvalue weighted by Gasteiger charge is 2.51. The van der Waals surface area contributed by atoms with Crippen LogP contribution in [-0.4, -0.2) is 18.1 Å². The fourth-order valence-corrected chi connectivity index (χ4v) is 6.72. The van der Waals surface area contributed by atoms with Crippen molar-refractivity contribution in [3.8, 4) is 0 Å². The first-order chi connectivity index (χ1) is 10.1. The van der Waals surface area contributed by atoms with Gasteiger partial charge in [-0.15, -0.1) is 11.3 Å². The van der Waals surface area contributed by atoms with Crippen molar-refractivity contribution in [3.05, 3.63) is 16.1 Å². The van der Waals surface area contributed by atoms with Crippen LogP contribution in [0.4, 0.5) is 0 Å². The summed E-state index contributed by atoms with van der Waals surface area (Å²) in [5, 5.41) is 7.05. The fourth-order valence-electron chi connectivity index (χ4n) is 6.09. The van der Waals surface area contributed by atoms with E-state index in [0.717, 1.165) is 24.2 Å². The lowest BCUT2D eigenvalue weighted by atomic mass is 9.48. The largest absolute Gasteiger partial charge is 0.317 e. The van der Waals surface area contributed by atoms with Gasteiger partial charge in [0.2, 0.25) is 0 Å². The average molecular weight is 305 g/mol. The predicted molar refractivity (Wildman–Crippen MR) is 88.6 cm³/mol. The highest BCUT2D eigenvalue weighted by Crippen LogP contribution is 2.61. The first kappa shape index (κ1) is 14.2. The van der Waals surface area contributed by atoms with Gasteiger partial charge < -0.3 is 5.32 Å². The van der Waals surface area contributed by atoms with Crippen LogP contribution in [0.2, 0.25) is 0 Å². The van der Waals surface area contributed by atoms with Crippen molar-refractivity contribution in [1.29, 1.82) is 0 Å². The topological polar surface area (TPSA) is 24.9 Å². The molecule has 4 aliphatic carbocycles. The molecular formula is C18H28N2S. The van der Waals surface area contributed by atoms with Gasteiger partial charge in [0.05, 0.1) is 10.7 Å². The van der Waals surface area contributed by atoms with Gasteiger partial charge in [-0.05, 0) is 82.1 Å². The maximum absolute atomic E-state index is 4.67. The Bertz CT molecular complexity index is 472. The fraction of sp³-hybridized carbons (Fsp3) is 0.833. The SMILES string of the molecule is CNC(Cc1csc(C)n1)CC12CC3CC(CC(C3)C1)C2. The molecule has 1 aromatic rings. The number of likely N-dealkylation sites (N-methyl/N-ethyl adjacent to an activating group) is 1. The monoisotopic (exact) mass is 304 g/mol. The Morgan fingerprint density at radius 1 is 1.24 bits per heavy atom. The van der Waals surface area contributed by atoms with Crippen LogP contribution in [0.3, 0.4) is 0 Å². The van der Waals surface area contributed by atoms with Crippen LogP contribution < -0.4 is 5.32 Å². The highest BCUT2D eigenvalue weighted by atomic mass is 32.1. The Kier molecular flexibility index (Phi) is 3.61. The molecule has 3 heteroatoms. The predicted octanol–water partition coefficient (Wildman–Crippen LogP) is 4.19. The van der Waals surface area contributed by atoms with E-state index in [9.17, 15) is 0 Å². The highest BCUT2D eigenvalue weighted by molar-refractivity contribution is 7.09. The number of aromatic nitrogens is 1. The summed E-state index contributed by atoms with van der Waals surface area (Å²) in [5.41, 5.74) is 1.97. The van der Waals surface area contributed by atoms with Crippen molar-refractivity contribution in [3.63, 3.8) is 0 Å². The van der Waals surface area contributed by atoms with Gasteiger partial charge in [0.15, 0.2) is 0 Å². The molecule has 1 unspecified atom stereocenters. The van der Waals surface area contributed by atoms with E-state index in [4.69, 9.17) is 0 Å². The minimum atomic E-state index is 0.614. The third-order valence-electron chi connectivity index (χ3n) is 6.37. The van der Waals surface area contributed by atoms with E-state index < -0.39 is 0 Å². The van der Waals surface area contributed by atoms with Crippen molar-refractivity contribution in [2.45, 2.75) is 64.3 Å². The van der Waals surface area contributed by atoms with Crippen LogP contribution in [-0.2, 0) is 6.42 Å². The van der Waals surface area contributed by atoms with Crippen molar-refractivity contribution in [1.82, 2.24) is 10.3 Å². The van der Waals surface area contributed by atoms with Crippen LogP contribution >= 0.6 is 11.3 Å². The molecule has 1 heterocycles. The molecule has 4 aliphatic rings. The van der Waals surface area contributed by atoms with Gasteiger partial charge >= 0.3 is 0 Å². The molecule has 1 atom stereocenters. The first-order valence-electron chi connectivity index (χ1n) is 8.72. The van der Waals surface area contributed by atoms with Gasteiger partial charge in [-0.3, -0.25) is 0 Å². The van der Waals surface area contributed by atoms with E-state index in [1.165, 1.54) is 36.4 Å². The number of hydrogen-bond donors (Lipinski definition) is 1. The summed E-state index contributed by atoms with van der Waals surface area (Å²) in [6.45, 7) is 2.11. The zero-order valence-electron chi connectivity index (χ0n) is 13.4. The summed E-state index contributed by atoms with van der Waals surface area (Å²) < 4.78 is 0. The third kappa shape index (κ3) is 2.79. The average Bonchev–Trinajstić information content (AvgIpc) is 2.81. The Morgan fingerprint density at radius 2 is 1.86 bits per heavy atom. The zero-order chi connectivity index (χ0) is 14.4. The summed E-state index contributed by atoms with van der Waals surface area (Å²) in [6, 6.07) is 0.614. The normalized spacial score (nSPS) is 38.9.